The van der Waals surface area contributed by atoms with Gasteiger partial charge in [-0.25, -0.2) is 9.97 Å². The lowest BCUT2D eigenvalue weighted by Gasteiger charge is -2.38. The van der Waals surface area contributed by atoms with Crippen LogP contribution in [0.5, 0.6) is 0 Å². The number of carbonyl (C=O) groups excluding carboxylic acids is 1. The van der Waals surface area contributed by atoms with E-state index < -0.39 is 17.9 Å². The number of amides is 1. The molecule has 3 saturated heterocycles. The van der Waals surface area contributed by atoms with Gasteiger partial charge in [0.2, 0.25) is 5.82 Å². The van der Waals surface area contributed by atoms with E-state index in [1.54, 1.807) is 18.9 Å². The maximum Gasteiger partial charge on any atom is 0.451 e. The Hall–Kier alpha value is -2.60. The number of nitrogens with one attached hydrogen (secondary N) is 1. The average Bonchev–Trinajstić information content (AvgIpc) is 3.01. The zero-order chi connectivity index (χ0) is 29.7. The summed E-state index contributed by atoms with van der Waals surface area (Å²) in [4.78, 5) is 22.8. The molecule has 1 aromatic carbocycles. The van der Waals surface area contributed by atoms with Crippen molar-refractivity contribution in [1.29, 1.82) is 0 Å². The number of rotatable bonds is 8. The van der Waals surface area contributed by atoms with Crippen LogP contribution in [0.2, 0.25) is 0 Å². The van der Waals surface area contributed by atoms with Gasteiger partial charge in [-0.3, -0.25) is 4.79 Å². The second kappa shape index (κ2) is 13.8. The number of nitrogens with zero attached hydrogens (tertiary/aromatic N) is 3. The molecule has 1 amide bonds. The second-order valence-corrected chi connectivity index (χ2v) is 11.6. The molecule has 2 aromatic rings. The molecular weight excluding hydrogens is 549 g/mol. The lowest BCUT2D eigenvalue weighted by atomic mass is 9.95. The summed E-state index contributed by atoms with van der Waals surface area (Å²) in [6, 6.07) is 10.4. The first kappa shape index (κ1) is 30.8. The molecule has 1 aromatic heterocycles. The van der Waals surface area contributed by atoms with Crippen LogP contribution in [0.15, 0.2) is 30.3 Å². The lowest BCUT2D eigenvalue weighted by Crippen LogP contribution is -2.54. The summed E-state index contributed by atoms with van der Waals surface area (Å²) in [5, 5.41) is 3.64. The van der Waals surface area contributed by atoms with Gasteiger partial charge in [-0.05, 0) is 63.9 Å². The van der Waals surface area contributed by atoms with E-state index >= 15 is 0 Å². The summed E-state index contributed by atoms with van der Waals surface area (Å²) in [6.45, 7) is 3.75. The molecule has 3 aliphatic rings. The number of aryl methyl sites for hydroxylation is 1. The highest BCUT2D eigenvalue weighted by molar-refractivity contribution is 5.94. The van der Waals surface area contributed by atoms with Crippen molar-refractivity contribution in [3.05, 3.63) is 58.7 Å². The number of hydrogen-bond donors (Lipinski definition) is 1. The Morgan fingerprint density at radius 2 is 1.86 bits per heavy atom. The van der Waals surface area contributed by atoms with Gasteiger partial charge < -0.3 is 24.4 Å². The normalized spacial score (nSPS) is 25.9. The van der Waals surface area contributed by atoms with Crippen molar-refractivity contribution in [1.82, 2.24) is 20.2 Å². The predicted molar refractivity (Wildman–Crippen MR) is 150 cm³/mol. The SMILES string of the molecule is CO[C@@H]1COCC[C@@H]1NC1CCN(C(=O)c2nc(C(F)(F)F)nc(CC[C@H]3CCC[C@@H](c4ccccc4)O3)c2C)CC1. The monoisotopic (exact) mass is 590 g/mol. The van der Waals surface area contributed by atoms with Crippen LogP contribution in [0.3, 0.4) is 0 Å². The number of likely N-dealkylation sites (tertiary alicyclic amines) is 1. The van der Waals surface area contributed by atoms with Gasteiger partial charge >= 0.3 is 6.18 Å². The van der Waals surface area contributed by atoms with Gasteiger partial charge in [0, 0.05) is 50.1 Å². The Labute approximate surface area is 245 Å². The molecule has 8 nitrogen and oxygen atoms in total. The fourth-order valence-electron chi connectivity index (χ4n) is 6.30. The molecular formula is C31H41F3N4O4. The molecule has 4 atom stereocenters. The standard InChI is InChI=1S/C31H41F3N4O4/c1-20-24(12-11-23-9-6-10-26(42-23)21-7-4-3-5-8-21)36-30(31(32,33)34)37-28(20)29(39)38-16-13-22(14-17-38)35-25-15-18-41-19-27(25)40-2/h3-5,7-8,22-23,25-27,35H,6,9-19H2,1-2H3/t23-,25+,26+,27-/m1/s1. The largest absolute Gasteiger partial charge is 0.451 e. The summed E-state index contributed by atoms with van der Waals surface area (Å²) in [5.74, 6) is -1.74. The Morgan fingerprint density at radius 1 is 1.10 bits per heavy atom. The number of piperidine rings is 1. The molecule has 0 saturated carbocycles. The number of benzene rings is 1. The summed E-state index contributed by atoms with van der Waals surface area (Å²) in [6.07, 6.45) is 0.894. The summed E-state index contributed by atoms with van der Waals surface area (Å²) in [7, 11) is 1.67. The fourth-order valence-corrected chi connectivity index (χ4v) is 6.30. The number of hydrogen-bond acceptors (Lipinski definition) is 7. The Balaban J connectivity index is 1.24. The Bertz CT molecular complexity index is 1190. The van der Waals surface area contributed by atoms with Crippen LogP contribution in [0.1, 0.15) is 84.2 Å². The van der Waals surface area contributed by atoms with Gasteiger partial charge in [0.05, 0.1) is 24.9 Å². The number of aromatic nitrogens is 2. The third kappa shape index (κ3) is 7.48. The van der Waals surface area contributed by atoms with Crippen LogP contribution < -0.4 is 5.32 Å². The van der Waals surface area contributed by atoms with E-state index in [4.69, 9.17) is 14.2 Å². The molecule has 230 valence electrons. The second-order valence-electron chi connectivity index (χ2n) is 11.6. The van der Waals surface area contributed by atoms with E-state index in [-0.39, 0.29) is 48.2 Å². The van der Waals surface area contributed by atoms with E-state index in [2.05, 4.69) is 15.3 Å². The van der Waals surface area contributed by atoms with E-state index in [9.17, 15) is 18.0 Å². The van der Waals surface area contributed by atoms with E-state index in [0.29, 0.717) is 51.1 Å². The van der Waals surface area contributed by atoms with Crippen molar-refractivity contribution in [3.63, 3.8) is 0 Å². The van der Waals surface area contributed by atoms with Crippen LogP contribution in [0.25, 0.3) is 0 Å². The molecule has 0 aliphatic carbocycles. The first-order valence-corrected chi connectivity index (χ1v) is 15.0. The number of halogens is 3. The van der Waals surface area contributed by atoms with Gasteiger partial charge in [-0.1, -0.05) is 30.3 Å². The van der Waals surface area contributed by atoms with Crippen LogP contribution in [0.4, 0.5) is 13.2 Å². The molecule has 3 aliphatic heterocycles. The quantitative estimate of drug-likeness (QED) is 0.461. The molecule has 0 spiro atoms. The highest BCUT2D eigenvalue weighted by Crippen LogP contribution is 2.34. The topological polar surface area (TPSA) is 85.8 Å². The van der Waals surface area contributed by atoms with Crippen molar-refractivity contribution < 1.29 is 32.2 Å². The molecule has 4 heterocycles. The number of ether oxygens (including phenoxy) is 3. The number of carbonyl (C=O) groups is 1. The first-order valence-electron chi connectivity index (χ1n) is 15.0. The molecule has 11 heteroatoms. The molecule has 3 fully saturated rings. The summed E-state index contributed by atoms with van der Waals surface area (Å²) < 4.78 is 58.9. The molecule has 0 bridgehead atoms. The van der Waals surface area contributed by atoms with Crippen molar-refractivity contribution in [2.45, 2.75) is 94.9 Å². The summed E-state index contributed by atoms with van der Waals surface area (Å²) in [5.41, 5.74) is 1.62. The zero-order valence-corrected chi connectivity index (χ0v) is 24.4. The number of alkyl halides is 3. The molecule has 1 N–H and O–H groups in total. The highest BCUT2D eigenvalue weighted by atomic mass is 19.4. The van der Waals surface area contributed by atoms with E-state index in [1.807, 2.05) is 30.3 Å². The number of methoxy groups -OCH3 is 1. The third-order valence-electron chi connectivity index (χ3n) is 8.77. The minimum atomic E-state index is -4.75. The zero-order valence-electron chi connectivity index (χ0n) is 24.4. The van der Waals surface area contributed by atoms with Gasteiger partial charge in [0.15, 0.2) is 0 Å². The fraction of sp³-hybridized carbons (Fsp3) is 0.645. The van der Waals surface area contributed by atoms with Crippen molar-refractivity contribution in [2.24, 2.45) is 0 Å². The van der Waals surface area contributed by atoms with Crippen molar-refractivity contribution in [2.75, 3.05) is 33.4 Å². The van der Waals surface area contributed by atoms with Gasteiger partial charge in [-0.15, -0.1) is 0 Å². The van der Waals surface area contributed by atoms with Crippen LogP contribution in [-0.4, -0.2) is 78.5 Å². The lowest BCUT2D eigenvalue weighted by molar-refractivity contribution is -0.145. The minimum absolute atomic E-state index is 0.0236. The summed E-state index contributed by atoms with van der Waals surface area (Å²) >= 11 is 0. The van der Waals surface area contributed by atoms with Gasteiger partial charge in [0.1, 0.15) is 5.69 Å². The molecule has 0 unspecified atom stereocenters. The van der Waals surface area contributed by atoms with Crippen molar-refractivity contribution >= 4 is 5.91 Å². The molecule has 42 heavy (non-hydrogen) atoms. The minimum Gasteiger partial charge on any atom is -0.379 e. The average molecular weight is 591 g/mol. The van der Waals surface area contributed by atoms with Crippen molar-refractivity contribution in [3.8, 4) is 0 Å². The van der Waals surface area contributed by atoms with E-state index in [1.165, 1.54) is 0 Å². The van der Waals surface area contributed by atoms with Crippen LogP contribution in [0, 0.1) is 6.92 Å². The van der Waals surface area contributed by atoms with Gasteiger partial charge in [-0.2, -0.15) is 13.2 Å². The molecule has 0 radical (unpaired) electrons. The Morgan fingerprint density at radius 3 is 2.57 bits per heavy atom. The third-order valence-corrected chi connectivity index (χ3v) is 8.77. The predicted octanol–water partition coefficient (Wildman–Crippen LogP) is 5.04. The van der Waals surface area contributed by atoms with Crippen LogP contribution >= 0.6 is 0 Å². The first-order chi connectivity index (χ1) is 20.2. The molecule has 5 rings (SSSR count). The van der Waals surface area contributed by atoms with Gasteiger partial charge in [0.25, 0.3) is 5.91 Å². The van der Waals surface area contributed by atoms with Crippen LogP contribution in [-0.2, 0) is 26.8 Å². The maximum atomic E-state index is 13.9. The Kier molecular flexibility index (Phi) is 10.1. The smallest absolute Gasteiger partial charge is 0.379 e. The highest BCUT2D eigenvalue weighted by Gasteiger charge is 2.38. The maximum absolute atomic E-state index is 13.9. The van der Waals surface area contributed by atoms with E-state index in [0.717, 1.165) is 31.2 Å².